The fourth-order valence-electron chi connectivity index (χ4n) is 4.97. The number of aromatic nitrogens is 3. The van der Waals surface area contributed by atoms with Crippen molar-refractivity contribution in [3.63, 3.8) is 0 Å². The zero-order valence-electron chi connectivity index (χ0n) is 21.5. The van der Waals surface area contributed by atoms with Crippen molar-refractivity contribution in [1.82, 2.24) is 30.5 Å². The third-order valence-electron chi connectivity index (χ3n) is 6.98. The summed E-state index contributed by atoms with van der Waals surface area (Å²) in [7, 11) is 1.85. The molecule has 3 heterocycles. The number of fused-ring (bicyclic) bond motifs is 1. The van der Waals surface area contributed by atoms with E-state index in [1.807, 2.05) is 54.2 Å². The van der Waals surface area contributed by atoms with Crippen LogP contribution in [0.15, 0.2) is 66.9 Å². The van der Waals surface area contributed by atoms with E-state index >= 15 is 0 Å². The fourth-order valence-corrected chi connectivity index (χ4v) is 4.97. The SMILES string of the molecule is CC(C)n1ncc2c(C(=O)N(C)CCCC3CC(c4cccc(F)c4)NN3)cc(-c3ccccc3)nc21. The van der Waals surface area contributed by atoms with Crippen LogP contribution in [0.4, 0.5) is 4.39 Å². The van der Waals surface area contributed by atoms with E-state index in [1.54, 1.807) is 23.2 Å². The Labute approximate surface area is 216 Å². The van der Waals surface area contributed by atoms with Gasteiger partial charge in [0.2, 0.25) is 0 Å². The Hall–Kier alpha value is -3.62. The highest BCUT2D eigenvalue weighted by atomic mass is 19.1. The number of nitrogens with one attached hydrogen (secondary N) is 2. The minimum absolute atomic E-state index is 0.0389. The maximum atomic E-state index is 13.6. The maximum absolute atomic E-state index is 13.6. The molecule has 8 heteroatoms. The van der Waals surface area contributed by atoms with Crippen molar-refractivity contribution in [2.45, 2.75) is 51.2 Å². The molecule has 0 spiro atoms. The molecular formula is C29H33FN6O. The van der Waals surface area contributed by atoms with E-state index in [1.165, 1.54) is 6.07 Å². The third-order valence-corrected chi connectivity index (χ3v) is 6.98. The monoisotopic (exact) mass is 500 g/mol. The van der Waals surface area contributed by atoms with E-state index in [2.05, 4.69) is 29.8 Å². The molecule has 0 saturated carbocycles. The average molecular weight is 501 g/mol. The predicted octanol–water partition coefficient (Wildman–Crippen LogP) is 5.28. The molecule has 1 aliphatic rings. The van der Waals surface area contributed by atoms with Crippen molar-refractivity contribution >= 4 is 16.9 Å². The first-order chi connectivity index (χ1) is 17.9. The highest BCUT2D eigenvalue weighted by molar-refractivity contribution is 6.06. The average Bonchev–Trinajstić information content (AvgIpc) is 3.56. The summed E-state index contributed by atoms with van der Waals surface area (Å²) in [5.74, 6) is -0.259. The fraction of sp³-hybridized carbons (Fsp3) is 0.345. The van der Waals surface area contributed by atoms with E-state index in [9.17, 15) is 9.18 Å². The van der Waals surface area contributed by atoms with E-state index in [-0.39, 0.29) is 29.8 Å². The molecule has 4 aromatic rings. The van der Waals surface area contributed by atoms with Gasteiger partial charge in [0.1, 0.15) is 5.82 Å². The number of rotatable bonds is 8. The number of pyridine rings is 1. The Balaban J connectivity index is 1.28. The van der Waals surface area contributed by atoms with Gasteiger partial charge in [0.05, 0.1) is 22.8 Å². The molecule has 1 saturated heterocycles. The lowest BCUT2D eigenvalue weighted by Crippen LogP contribution is -2.32. The van der Waals surface area contributed by atoms with Crippen LogP contribution in [0.5, 0.6) is 0 Å². The predicted molar refractivity (Wildman–Crippen MR) is 143 cm³/mol. The van der Waals surface area contributed by atoms with E-state index < -0.39 is 0 Å². The van der Waals surface area contributed by atoms with Crippen LogP contribution < -0.4 is 10.9 Å². The van der Waals surface area contributed by atoms with Crippen LogP contribution in [-0.4, -0.2) is 45.2 Å². The molecule has 0 bridgehead atoms. The van der Waals surface area contributed by atoms with Crippen LogP contribution in [0.2, 0.25) is 0 Å². The molecule has 5 rings (SSSR count). The molecule has 37 heavy (non-hydrogen) atoms. The van der Waals surface area contributed by atoms with E-state index in [0.717, 1.165) is 47.1 Å². The summed E-state index contributed by atoms with van der Waals surface area (Å²) in [5, 5.41) is 5.30. The molecule has 2 N–H and O–H groups in total. The first-order valence-electron chi connectivity index (χ1n) is 12.9. The third kappa shape index (κ3) is 5.40. The normalized spacial score (nSPS) is 17.5. The second-order valence-electron chi connectivity index (χ2n) is 10.0. The largest absolute Gasteiger partial charge is 0.342 e. The number of halogens is 1. The van der Waals surface area contributed by atoms with Gasteiger partial charge < -0.3 is 4.90 Å². The van der Waals surface area contributed by atoms with Crippen molar-refractivity contribution in [3.05, 3.63) is 83.8 Å². The smallest absolute Gasteiger partial charge is 0.254 e. The van der Waals surface area contributed by atoms with Crippen molar-refractivity contribution in [1.29, 1.82) is 0 Å². The summed E-state index contributed by atoms with van der Waals surface area (Å²) in [6.07, 6.45) is 4.38. The summed E-state index contributed by atoms with van der Waals surface area (Å²) >= 11 is 0. The van der Waals surface area contributed by atoms with Crippen LogP contribution in [0.3, 0.4) is 0 Å². The van der Waals surface area contributed by atoms with Gasteiger partial charge >= 0.3 is 0 Å². The van der Waals surface area contributed by atoms with Gasteiger partial charge in [0.25, 0.3) is 5.91 Å². The molecule has 0 radical (unpaired) electrons. The Morgan fingerprint density at radius 3 is 2.70 bits per heavy atom. The van der Waals surface area contributed by atoms with Crippen LogP contribution in [0, 0.1) is 5.82 Å². The lowest BCUT2D eigenvalue weighted by atomic mass is 9.99. The summed E-state index contributed by atoms with van der Waals surface area (Å²) in [6.45, 7) is 4.74. The van der Waals surface area contributed by atoms with Crippen LogP contribution in [-0.2, 0) is 0 Å². The molecule has 7 nitrogen and oxygen atoms in total. The first kappa shape index (κ1) is 25.0. The van der Waals surface area contributed by atoms with Gasteiger partial charge in [-0.3, -0.25) is 15.6 Å². The standard InChI is InChI=1S/C29H33FN6O/c1-19(2)36-28-25(18-31-36)24(17-26(32-28)20-9-5-4-6-10-20)29(37)35(3)14-8-13-23-16-27(34-33-23)21-11-7-12-22(30)15-21/h4-7,9-12,15,17-19,23,27,33-34H,8,13-14,16H2,1-3H3. The van der Waals surface area contributed by atoms with Gasteiger partial charge in [-0.1, -0.05) is 42.5 Å². The molecule has 1 amide bonds. The van der Waals surface area contributed by atoms with Crippen molar-refractivity contribution in [2.75, 3.05) is 13.6 Å². The molecule has 0 aliphatic carbocycles. The molecule has 1 fully saturated rings. The number of carbonyl (C=O) groups excluding carboxylic acids is 1. The Bertz CT molecular complexity index is 1390. The molecule has 2 aromatic heterocycles. The minimum atomic E-state index is -0.220. The number of hydrogen-bond acceptors (Lipinski definition) is 5. The minimum Gasteiger partial charge on any atom is -0.342 e. The summed E-state index contributed by atoms with van der Waals surface area (Å²) in [4.78, 5) is 20.3. The summed E-state index contributed by atoms with van der Waals surface area (Å²) < 4.78 is 15.5. The second-order valence-corrected chi connectivity index (χ2v) is 10.0. The first-order valence-corrected chi connectivity index (χ1v) is 12.9. The second kappa shape index (κ2) is 10.8. The number of benzene rings is 2. The highest BCUT2D eigenvalue weighted by Crippen LogP contribution is 2.28. The zero-order valence-corrected chi connectivity index (χ0v) is 21.5. The lowest BCUT2D eigenvalue weighted by molar-refractivity contribution is 0.0793. The summed E-state index contributed by atoms with van der Waals surface area (Å²) in [5.41, 5.74) is 10.6. The molecular weight excluding hydrogens is 467 g/mol. The summed E-state index contributed by atoms with van der Waals surface area (Å²) in [6, 6.07) is 19.0. The van der Waals surface area contributed by atoms with Crippen LogP contribution >= 0.6 is 0 Å². The number of hydrogen-bond donors (Lipinski definition) is 2. The van der Waals surface area contributed by atoms with Gasteiger partial charge in [-0.05, 0) is 56.9 Å². The molecule has 2 aromatic carbocycles. The maximum Gasteiger partial charge on any atom is 0.254 e. The van der Waals surface area contributed by atoms with Gasteiger partial charge in [-0.15, -0.1) is 0 Å². The number of nitrogens with zero attached hydrogens (tertiary/aromatic N) is 4. The topological polar surface area (TPSA) is 75.1 Å². The van der Waals surface area contributed by atoms with Crippen molar-refractivity contribution in [2.24, 2.45) is 0 Å². The number of hydrazine groups is 1. The van der Waals surface area contributed by atoms with Gasteiger partial charge in [-0.25, -0.2) is 14.1 Å². The number of amides is 1. The molecule has 192 valence electrons. The van der Waals surface area contributed by atoms with Crippen LogP contribution in [0.25, 0.3) is 22.3 Å². The molecule has 1 aliphatic heterocycles. The quantitative estimate of drug-likeness (QED) is 0.344. The van der Waals surface area contributed by atoms with E-state index in [4.69, 9.17) is 4.98 Å². The van der Waals surface area contributed by atoms with Gasteiger partial charge in [0, 0.05) is 37.3 Å². The van der Waals surface area contributed by atoms with E-state index in [0.29, 0.717) is 12.1 Å². The zero-order chi connectivity index (χ0) is 25.9. The Morgan fingerprint density at radius 2 is 1.95 bits per heavy atom. The lowest BCUT2D eigenvalue weighted by Gasteiger charge is -2.19. The Morgan fingerprint density at radius 1 is 1.14 bits per heavy atom. The van der Waals surface area contributed by atoms with Crippen molar-refractivity contribution in [3.8, 4) is 11.3 Å². The molecule has 2 unspecified atom stereocenters. The number of carbonyl (C=O) groups is 1. The van der Waals surface area contributed by atoms with Gasteiger partial charge in [-0.2, -0.15) is 5.10 Å². The highest BCUT2D eigenvalue weighted by Gasteiger charge is 2.26. The Kier molecular flexibility index (Phi) is 7.30. The van der Waals surface area contributed by atoms with Gasteiger partial charge in [0.15, 0.2) is 5.65 Å². The van der Waals surface area contributed by atoms with Crippen molar-refractivity contribution < 1.29 is 9.18 Å². The molecule has 2 atom stereocenters. The van der Waals surface area contributed by atoms with Crippen LogP contribution in [0.1, 0.15) is 61.1 Å².